The zero-order valence-corrected chi connectivity index (χ0v) is 23.0. The minimum absolute atomic E-state index is 0.201. The lowest BCUT2D eigenvalue weighted by Crippen LogP contribution is -2.40. The summed E-state index contributed by atoms with van der Waals surface area (Å²) in [4.78, 5) is 15.7. The van der Waals surface area contributed by atoms with Gasteiger partial charge in [0.15, 0.2) is 0 Å². The number of likely N-dealkylation sites (tertiary alicyclic amines) is 1. The van der Waals surface area contributed by atoms with Crippen LogP contribution in [0.15, 0.2) is 43.0 Å². The molecule has 4 aromatic rings. The molecule has 0 atom stereocenters. The fourth-order valence-electron chi connectivity index (χ4n) is 6.17. The second-order valence-corrected chi connectivity index (χ2v) is 11.1. The summed E-state index contributed by atoms with van der Waals surface area (Å²) in [7, 11) is 0. The molecule has 0 saturated carbocycles. The molecule has 2 N–H and O–H groups in total. The van der Waals surface area contributed by atoms with Gasteiger partial charge in [-0.25, -0.2) is 9.97 Å². The fraction of sp³-hybridized carbons (Fsp3) is 0.433. The van der Waals surface area contributed by atoms with Gasteiger partial charge in [-0.15, -0.1) is 0 Å². The lowest BCUT2D eigenvalue weighted by atomic mass is 10.0. The predicted octanol–water partition coefficient (Wildman–Crippen LogP) is 4.98. The van der Waals surface area contributed by atoms with Crippen LogP contribution in [0.1, 0.15) is 46.5 Å². The molecule has 41 heavy (non-hydrogen) atoms. The number of aromatic nitrogens is 4. The average Bonchev–Trinajstić information content (AvgIpc) is 3.59. The third-order valence-corrected chi connectivity index (χ3v) is 8.39. The molecule has 0 aliphatic carbocycles. The summed E-state index contributed by atoms with van der Waals surface area (Å²) in [6.07, 6.45) is 3.46. The van der Waals surface area contributed by atoms with Gasteiger partial charge in [-0.05, 0) is 54.7 Å². The topological polar surface area (TPSA) is 88.8 Å². The summed E-state index contributed by atoms with van der Waals surface area (Å²) in [5.41, 5.74) is 6.92. The lowest BCUT2D eigenvalue weighted by molar-refractivity contribution is -0.147. The van der Waals surface area contributed by atoms with E-state index in [1.165, 1.54) is 22.4 Å². The third kappa shape index (κ3) is 5.94. The van der Waals surface area contributed by atoms with E-state index < -0.39 is 12.7 Å². The molecule has 0 amide bonds. The van der Waals surface area contributed by atoms with E-state index in [2.05, 4.69) is 54.9 Å². The molecule has 0 bridgehead atoms. The van der Waals surface area contributed by atoms with Crippen molar-refractivity contribution in [1.29, 1.82) is 5.26 Å². The monoisotopic (exact) mass is 562 g/mol. The van der Waals surface area contributed by atoms with E-state index in [-0.39, 0.29) is 12.6 Å². The summed E-state index contributed by atoms with van der Waals surface area (Å²) in [5.74, 6) is 0.666. The predicted molar refractivity (Wildman–Crippen MR) is 150 cm³/mol. The Kier molecular flexibility index (Phi) is 7.45. The number of hydrogen-bond acceptors (Lipinski definition) is 6. The van der Waals surface area contributed by atoms with Crippen molar-refractivity contribution < 1.29 is 13.2 Å². The number of piperidine rings is 1. The van der Waals surface area contributed by atoms with Crippen molar-refractivity contribution in [2.24, 2.45) is 0 Å². The Morgan fingerprint density at radius 2 is 1.93 bits per heavy atom. The number of aryl methyl sites for hydroxylation is 1. The number of hydrogen-bond donors (Lipinski definition) is 2. The van der Waals surface area contributed by atoms with Crippen LogP contribution in [0.5, 0.6) is 0 Å². The Morgan fingerprint density at radius 3 is 2.66 bits per heavy atom. The van der Waals surface area contributed by atoms with Crippen LogP contribution in [0.3, 0.4) is 0 Å². The van der Waals surface area contributed by atoms with Crippen molar-refractivity contribution in [3.05, 3.63) is 76.6 Å². The SMILES string of the molecule is Cc1c(CN2CCC(Nc3ncnc4c3CN(CC(F)(F)F)CC4)CC2)ccc2c1cc(C#N)n2Cc1cc[nH]c1. The number of anilines is 1. The number of benzene rings is 1. The number of alkyl halides is 3. The number of halogens is 3. The fourth-order valence-corrected chi connectivity index (χ4v) is 6.17. The number of aromatic amines is 1. The quantitative estimate of drug-likeness (QED) is 0.330. The second-order valence-electron chi connectivity index (χ2n) is 11.1. The minimum Gasteiger partial charge on any atom is -0.367 e. The lowest BCUT2D eigenvalue weighted by Gasteiger charge is -2.34. The average molecular weight is 563 g/mol. The van der Waals surface area contributed by atoms with E-state index >= 15 is 0 Å². The molecule has 11 heteroatoms. The summed E-state index contributed by atoms with van der Waals surface area (Å²) < 4.78 is 41.0. The molecular weight excluding hydrogens is 529 g/mol. The molecule has 3 aromatic heterocycles. The number of nitrogens with zero attached hydrogens (tertiary/aromatic N) is 6. The maximum Gasteiger partial charge on any atom is 0.401 e. The zero-order chi connectivity index (χ0) is 28.6. The number of nitriles is 1. The van der Waals surface area contributed by atoms with Crippen LogP contribution in [0.4, 0.5) is 19.0 Å². The van der Waals surface area contributed by atoms with Crippen LogP contribution in [0.25, 0.3) is 10.9 Å². The van der Waals surface area contributed by atoms with Crippen LogP contribution >= 0.6 is 0 Å². The molecule has 1 fully saturated rings. The molecule has 0 radical (unpaired) electrons. The van der Waals surface area contributed by atoms with Crippen LogP contribution in [-0.4, -0.2) is 67.7 Å². The van der Waals surface area contributed by atoms with Crippen molar-refractivity contribution in [2.75, 3.05) is 31.5 Å². The van der Waals surface area contributed by atoms with Gasteiger partial charge in [-0.3, -0.25) is 9.80 Å². The molecule has 0 spiro atoms. The standard InChI is InChI=1S/C30H33F3N8/c1-20-22(2-3-28-25(20)12-24(13-34)41(28)15-21-4-8-35-14-21)16-39-9-5-23(6-10-39)38-29-26-17-40(18-30(31,32)33)11-7-27(26)36-19-37-29/h2-4,8,12,14,19,23,35H,5-7,9-11,15-18H2,1H3,(H,36,37,38). The van der Waals surface area contributed by atoms with E-state index in [4.69, 9.17) is 0 Å². The van der Waals surface area contributed by atoms with Gasteiger partial charge in [0.1, 0.15) is 23.9 Å². The number of rotatable bonds is 7. The van der Waals surface area contributed by atoms with Gasteiger partial charge in [-0.1, -0.05) is 6.07 Å². The molecule has 2 aliphatic heterocycles. The summed E-state index contributed by atoms with van der Waals surface area (Å²) in [5, 5.41) is 14.4. The van der Waals surface area contributed by atoms with E-state index in [0.29, 0.717) is 31.0 Å². The smallest absolute Gasteiger partial charge is 0.367 e. The molecule has 214 valence electrons. The van der Waals surface area contributed by atoms with Gasteiger partial charge >= 0.3 is 6.18 Å². The molecule has 1 aromatic carbocycles. The van der Waals surface area contributed by atoms with Crippen LogP contribution in [-0.2, 0) is 26.1 Å². The Morgan fingerprint density at radius 1 is 1.10 bits per heavy atom. The molecule has 1 saturated heterocycles. The van der Waals surface area contributed by atoms with Gasteiger partial charge in [0.25, 0.3) is 0 Å². The van der Waals surface area contributed by atoms with Crippen LogP contribution in [0.2, 0.25) is 0 Å². The van der Waals surface area contributed by atoms with Crippen molar-refractivity contribution in [3.8, 4) is 6.07 Å². The molecule has 6 rings (SSSR count). The minimum atomic E-state index is -4.22. The van der Waals surface area contributed by atoms with Gasteiger partial charge in [-0.2, -0.15) is 18.4 Å². The van der Waals surface area contributed by atoms with E-state index in [9.17, 15) is 18.4 Å². The second kappa shape index (κ2) is 11.2. The first kappa shape index (κ1) is 27.3. The normalized spacial score (nSPS) is 17.0. The maximum absolute atomic E-state index is 13.0. The van der Waals surface area contributed by atoms with E-state index in [0.717, 1.165) is 60.2 Å². The maximum atomic E-state index is 13.0. The Balaban J connectivity index is 1.10. The first-order valence-corrected chi connectivity index (χ1v) is 14.0. The number of nitrogens with one attached hydrogen (secondary N) is 2. The van der Waals surface area contributed by atoms with Gasteiger partial charge < -0.3 is 14.9 Å². The first-order valence-electron chi connectivity index (χ1n) is 14.0. The van der Waals surface area contributed by atoms with Gasteiger partial charge in [0.2, 0.25) is 0 Å². The number of H-pyrrole nitrogens is 1. The molecule has 0 unspecified atom stereocenters. The Hall–Kier alpha value is -3.88. The van der Waals surface area contributed by atoms with Crippen molar-refractivity contribution >= 4 is 16.7 Å². The van der Waals surface area contributed by atoms with E-state index in [1.54, 1.807) is 0 Å². The first-order chi connectivity index (χ1) is 19.8. The Bertz CT molecular complexity index is 1560. The van der Waals surface area contributed by atoms with Crippen LogP contribution in [0, 0.1) is 18.3 Å². The van der Waals surface area contributed by atoms with Crippen molar-refractivity contribution in [3.63, 3.8) is 0 Å². The highest BCUT2D eigenvalue weighted by Crippen LogP contribution is 2.30. The largest absolute Gasteiger partial charge is 0.401 e. The van der Waals surface area contributed by atoms with Gasteiger partial charge in [0.05, 0.1) is 18.8 Å². The van der Waals surface area contributed by atoms with Crippen LogP contribution < -0.4 is 5.32 Å². The highest BCUT2D eigenvalue weighted by atomic mass is 19.4. The number of fused-ring (bicyclic) bond motifs is 2. The third-order valence-electron chi connectivity index (χ3n) is 8.39. The van der Waals surface area contributed by atoms with Crippen molar-refractivity contribution in [2.45, 2.75) is 58.0 Å². The summed E-state index contributed by atoms with van der Waals surface area (Å²) >= 11 is 0. The zero-order valence-electron chi connectivity index (χ0n) is 23.0. The summed E-state index contributed by atoms with van der Waals surface area (Å²) in [6.45, 7) is 5.05. The molecule has 5 heterocycles. The van der Waals surface area contributed by atoms with Crippen molar-refractivity contribution in [1.82, 2.24) is 29.3 Å². The molecule has 8 nitrogen and oxygen atoms in total. The highest BCUT2D eigenvalue weighted by molar-refractivity contribution is 5.86. The highest BCUT2D eigenvalue weighted by Gasteiger charge is 2.33. The Labute approximate surface area is 236 Å². The molecule has 2 aliphatic rings. The summed E-state index contributed by atoms with van der Waals surface area (Å²) in [6, 6.07) is 10.9. The van der Waals surface area contributed by atoms with E-state index in [1.807, 2.05) is 24.5 Å². The molecular formula is C30H33F3N8. The van der Waals surface area contributed by atoms with Gasteiger partial charge in [0, 0.05) is 74.0 Å².